The van der Waals surface area contributed by atoms with E-state index in [4.69, 9.17) is 9.26 Å². The van der Waals surface area contributed by atoms with Crippen molar-refractivity contribution in [2.24, 2.45) is 0 Å². The monoisotopic (exact) mass is 307 g/mol. The molecule has 0 saturated carbocycles. The first-order valence-electron chi connectivity index (χ1n) is 7.48. The quantitative estimate of drug-likeness (QED) is 0.666. The van der Waals surface area contributed by atoms with E-state index in [0.717, 1.165) is 16.8 Å². The summed E-state index contributed by atoms with van der Waals surface area (Å²) >= 11 is 0. The van der Waals surface area contributed by atoms with Gasteiger partial charge < -0.3 is 9.26 Å². The second kappa shape index (κ2) is 6.48. The maximum absolute atomic E-state index is 11.8. The zero-order chi connectivity index (χ0) is 16.2. The van der Waals surface area contributed by atoms with E-state index in [2.05, 4.69) is 5.16 Å². The van der Waals surface area contributed by atoms with Crippen molar-refractivity contribution in [3.05, 3.63) is 65.7 Å². The highest BCUT2D eigenvalue weighted by molar-refractivity contribution is 5.90. The van der Waals surface area contributed by atoms with Gasteiger partial charge in [0.1, 0.15) is 5.69 Å². The first-order chi connectivity index (χ1) is 11.2. The average molecular weight is 307 g/mol. The van der Waals surface area contributed by atoms with E-state index in [1.54, 1.807) is 25.1 Å². The van der Waals surface area contributed by atoms with Crippen LogP contribution >= 0.6 is 0 Å². The van der Waals surface area contributed by atoms with Crippen molar-refractivity contribution in [3.63, 3.8) is 0 Å². The maximum atomic E-state index is 11.8. The van der Waals surface area contributed by atoms with E-state index in [-0.39, 0.29) is 5.97 Å². The van der Waals surface area contributed by atoms with Gasteiger partial charge in [-0.2, -0.15) is 0 Å². The van der Waals surface area contributed by atoms with Gasteiger partial charge in [-0.15, -0.1) is 0 Å². The molecule has 4 nitrogen and oxygen atoms in total. The van der Waals surface area contributed by atoms with Gasteiger partial charge in [0.05, 0.1) is 12.2 Å². The highest BCUT2D eigenvalue weighted by Crippen LogP contribution is 2.26. The number of esters is 1. The van der Waals surface area contributed by atoms with Crippen molar-refractivity contribution in [1.82, 2.24) is 5.16 Å². The van der Waals surface area contributed by atoms with Gasteiger partial charge in [0.25, 0.3) is 0 Å². The Hall–Kier alpha value is -2.88. The van der Waals surface area contributed by atoms with E-state index in [9.17, 15) is 4.79 Å². The van der Waals surface area contributed by atoms with E-state index in [0.29, 0.717) is 17.9 Å². The number of aromatic nitrogens is 1. The maximum Gasteiger partial charge on any atom is 0.338 e. The Morgan fingerprint density at radius 2 is 1.87 bits per heavy atom. The fourth-order valence-electron chi connectivity index (χ4n) is 2.29. The van der Waals surface area contributed by atoms with Crippen molar-refractivity contribution >= 4 is 5.97 Å². The van der Waals surface area contributed by atoms with Crippen LogP contribution in [-0.4, -0.2) is 17.7 Å². The van der Waals surface area contributed by atoms with Crippen LogP contribution in [0.25, 0.3) is 22.6 Å². The van der Waals surface area contributed by atoms with Crippen LogP contribution in [0.3, 0.4) is 0 Å². The highest BCUT2D eigenvalue weighted by Gasteiger charge is 2.12. The molecule has 23 heavy (non-hydrogen) atoms. The topological polar surface area (TPSA) is 52.3 Å². The second-order valence-electron chi connectivity index (χ2n) is 5.24. The number of nitrogens with zero attached hydrogens (tertiary/aromatic N) is 1. The van der Waals surface area contributed by atoms with Crippen LogP contribution in [-0.2, 0) is 4.74 Å². The van der Waals surface area contributed by atoms with E-state index in [1.165, 1.54) is 5.56 Å². The molecule has 116 valence electrons. The van der Waals surface area contributed by atoms with Crippen molar-refractivity contribution in [1.29, 1.82) is 0 Å². The Kier molecular flexibility index (Phi) is 4.24. The molecule has 0 aliphatic rings. The summed E-state index contributed by atoms with van der Waals surface area (Å²) in [6.45, 7) is 4.17. The lowest BCUT2D eigenvalue weighted by atomic mass is 10.1. The molecule has 3 rings (SSSR count). The predicted molar refractivity (Wildman–Crippen MR) is 88.1 cm³/mol. The van der Waals surface area contributed by atoms with Crippen molar-refractivity contribution in [3.8, 4) is 22.6 Å². The van der Waals surface area contributed by atoms with Crippen molar-refractivity contribution in [2.75, 3.05) is 6.61 Å². The predicted octanol–water partition coefficient (Wildman–Crippen LogP) is 4.49. The second-order valence-corrected chi connectivity index (χ2v) is 5.24. The van der Waals surface area contributed by atoms with Crippen LogP contribution in [0.15, 0.2) is 59.1 Å². The third-order valence-corrected chi connectivity index (χ3v) is 3.52. The van der Waals surface area contributed by atoms with Gasteiger partial charge in [0.15, 0.2) is 5.76 Å². The lowest BCUT2D eigenvalue weighted by Gasteiger charge is -2.02. The number of carbonyl (C=O) groups is 1. The first-order valence-corrected chi connectivity index (χ1v) is 7.48. The summed E-state index contributed by atoms with van der Waals surface area (Å²) < 4.78 is 10.4. The fraction of sp³-hybridized carbons (Fsp3) is 0.158. The zero-order valence-electron chi connectivity index (χ0n) is 13.1. The molecule has 0 unspecified atom stereocenters. The standard InChI is InChI=1S/C19H17NO3/c1-3-22-19(21)16-6-4-5-15(11-16)18-12-17(20-23-18)14-9-7-13(2)8-10-14/h4-12H,3H2,1-2H3. The molecular formula is C19H17NO3. The molecule has 0 aliphatic heterocycles. The van der Waals surface area contributed by atoms with Crippen LogP contribution in [0.2, 0.25) is 0 Å². The number of aryl methyl sites for hydroxylation is 1. The Morgan fingerprint density at radius 3 is 2.61 bits per heavy atom. The van der Waals surface area contributed by atoms with Crippen molar-refractivity contribution in [2.45, 2.75) is 13.8 Å². The molecule has 0 radical (unpaired) electrons. The first kappa shape index (κ1) is 15.0. The van der Waals surface area contributed by atoms with Gasteiger partial charge in [-0.25, -0.2) is 4.79 Å². The Bertz CT molecular complexity index is 819. The molecular weight excluding hydrogens is 290 g/mol. The summed E-state index contributed by atoms with van der Waals surface area (Å²) in [5.74, 6) is 0.277. The number of hydrogen-bond acceptors (Lipinski definition) is 4. The summed E-state index contributed by atoms with van der Waals surface area (Å²) in [6.07, 6.45) is 0. The number of ether oxygens (including phenoxy) is 1. The number of carbonyl (C=O) groups excluding carboxylic acids is 1. The lowest BCUT2D eigenvalue weighted by molar-refractivity contribution is 0.0526. The van der Waals surface area contributed by atoms with E-state index in [1.807, 2.05) is 43.3 Å². The van der Waals surface area contributed by atoms with Crippen LogP contribution in [0.1, 0.15) is 22.8 Å². The van der Waals surface area contributed by atoms with Crippen LogP contribution < -0.4 is 0 Å². The molecule has 2 aromatic carbocycles. The number of rotatable bonds is 4. The third kappa shape index (κ3) is 3.31. The van der Waals surface area contributed by atoms with Gasteiger partial charge in [-0.05, 0) is 26.0 Å². The van der Waals surface area contributed by atoms with Crippen LogP contribution in [0.5, 0.6) is 0 Å². The molecule has 0 N–H and O–H groups in total. The summed E-state index contributed by atoms with van der Waals surface area (Å²) in [4.78, 5) is 11.8. The van der Waals surface area contributed by atoms with Gasteiger partial charge in [0.2, 0.25) is 0 Å². The molecule has 0 aliphatic carbocycles. The smallest absolute Gasteiger partial charge is 0.338 e. The molecule has 0 atom stereocenters. The van der Waals surface area contributed by atoms with E-state index >= 15 is 0 Å². The molecule has 4 heteroatoms. The van der Waals surface area contributed by atoms with Gasteiger partial charge in [-0.3, -0.25) is 0 Å². The molecule has 0 saturated heterocycles. The minimum absolute atomic E-state index is 0.340. The summed E-state index contributed by atoms with van der Waals surface area (Å²) in [5, 5.41) is 4.11. The number of benzene rings is 2. The van der Waals surface area contributed by atoms with Gasteiger partial charge in [-0.1, -0.05) is 47.1 Å². The zero-order valence-corrected chi connectivity index (χ0v) is 13.1. The minimum atomic E-state index is -0.340. The molecule has 0 fully saturated rings. The van der Waals surface area contributed by atoms with Gasteiger partial charge >= 0.3 is 5.97 Å². The summed E-state index contributed by atoms with van der Waals surface area (Å²) in [7, 11) is 0. The molecule has 0 bridgehead atoms. The largest absolute Gasteiger partial charge is 0.462 e. The van der Waals surface area contributed by atoms with Crippen LogP contribution in [0, 0.1) is 6.92 Å². The van der Waals surface area contributed by atoms with E-state index < -0.39 is 0 Å². The Morgan fingerprint density at radius 1 is 1.09 bits per heavy atom. The molecule has 0 spiro atoms. The van der Waals surface area contributed by atoms with Gasteiger partial charge in [0, 0.05) is 17.2 Å². The molecule has 0 amide bonds. The molecule has 1 aromatic heterocycles. The molecule has 3 aromatic rings. The Balaban J connectivity index is 1.90. The lowest BCUT2D eigenvalue weighted by Crippen LogP contribution is -2.04. The Labute approximate surface area is 134 Å². The SMILES string of the molecule is CCOC(=O)c1cccc(-c2cc(-c3ccc(C)cc3)no2)c1. The summed E-state index contributed by atoms with van der Waals surface area (Å²) in [5.41, 5.74) is 4.24. The van der Waals surface area contributed by atoms with Crippen LogP contribution in [0.4, 0.5) is 0 Å². The van der Waals surface area contributed by atoms with Crippen molar-refractivity contribution < 1.29 is 14.1 Å². The average Bonchev–Trinajstić information content (AvgIpc) is 3.06. The molecule has 1 heterocycles. The third-order valence-electron chi connectivity index (χ3n) is 3.52. The minimum Gasteiger partial charge on any atom is -0.462 e. The summed E-state index contributed by atoms with van der Waals surface area (Å²) in [6, 6.07) is 17.1. The number of hydrogen-bond donors (Lipinski definition) is 0. The fourth-order valence-corrected chi connectivity index (χ4v) is 2.29. The normalized spacial score (nSPS) is 10.5. The highest BCUT2D eigenvalue weighted by atomic mass is 16.5.